The molecular weight excluding hydrogens is 270 g/mol. The molecule has 1 aliphatic carbocycles. The van der Waals surface area contributed by atoms with E-state index in [2.05, 4.69) is 23.5 Å². The molecule has 1 unspecified atom stereocenters. The Morgan fingerprint density at radius 1 is 1.15 bits per heavy atom. The Labute approximate surface area is 124 Å². The van der Waals surface area contributed by atoms with Crippen molar-refractivity contribution in [2.45, 2.75) is 25.3 Å². The van der Waals surface area contributed by atoms with Crippen LogP contribution in [0.2, 0.25) is 5.02 Å². The van der Waals surface area contributed by atoms with Gasteiger partial charge in [0.1, 0.15) is 5.75 Å². The van der Waals surface area contributed by atoms with Crippen molar-refractivity contribution < 1.29 is 5.11 Å². The topological polar surface area (TPSA) is 32.3 Å². The first kappa shape index (κ1) is 13.5. The Balaban J connectivity index is 1.58. The Morgan fingerprint density at radius 2 is 1.95 bits per heavy atom. The normalized spacial score (nSPS) is 17.1. The zero-order chi connectivity index (χ0) is 13.9. The Bertz CT molecular complexity index is 594. The van der Waals surface area contributed by atoms with E-state index in [1.807, 2.05) is 18.2 Å². The van der Waals surface area contributed by atoms with Crippen molar-refractivity contribution in [3.8, 4) is 5.75 Å². The van der Waals surface area contributed by atoms with Crippen molar-refractivity contribution in [2.24, 2.45) is 0 Å². The monoisotopic (exact) mass is 287 g/mol. The van der Waals surface area contributed by atoms with Gasteiger partial charge in [-0.1, -0.05) is 35.9 Å². The van der Waals surface area contributed by atoms with Gasteiger partial charge in [-0.05, 0) is 60.7 Å². The molecule has 2 aromatic carbocycles. The van der Waals surface area contributed by atoms with E-state index in [1.54, 1.807) is 6.07 Å². The molecule has 1 atom stereocenters. The second-order valence-electron chi connectivity index (χ2n) is 5.27. The zero-order valence-electron chi connectivity index (χ0n) is 11.3. The van der Waals surface area contributed by atoms with Crippen LogP contribution in [-0.2, 0) is 12.8 Å². The standard InChI is InChI=1S/C17H18ClNO/c18-13-6-4-12(5-7-13)10-11-19-16-9-8-15-14(16)2-1-3-17(15)20/h1-7,16,19-20H,8-11H2. The van der Waals surface area contributed by atoms with Crippen LogP contribution in [0.1, 0.15) is 29.2 Å². The largest absolute Gasteiger partial charge is 0.508 e. The number of phenols is 1. The fourth-order valence-corrected chi connectivity index (χ4v) is 3.01. The minimum atomic E-state index is 0.365. The third kappa shape index (κ3) is 2.82. The van der Waals surface area contributed by atoms with Crippen LogP contribution in [0.15, 0.2) is 42.5 Å². The molecule has 3 rings (SSSR count). The molecule has 104 valence electrons. The lowest BCUT2D eigenvalue weighted by Gasteiger charge is -2.14. The third-order valence-electron chi connectivity index (χ3n) is 3.96. The predicted octanol–water partition coefficient (Wildman–Crippen LogP) is 3.87. The van der Waals surface area contributed by atoms with Gasteiger partial charge in [-0.25, -0.2) is 0 Å². The van der Waals surface area contributed by atoms with E-state index in [0.29, 0.717) is 11.8 Å². The number of phenolic OH excluding ortho intramolecular Hbond substituents is 1. The van der Waals surface area contributed by atoms with Gasteiger partial charge in [-0.3, -0.25) is 0 Å². The second-order valence-corrected chi connectivity index (χ2v) is 5.70. The quantitative estimate of drug-likeness (QED) is 0.895. The molecular formula is C17H18ClNO. The maximum atomic E-state index is 9.84. The molecule has 0 bridgehead atoms. The van der Waals surface area contributed by atoms with Gasteiger partial charge in [0.2, 0.25) is 0 Å². The van der Waals surface area contributed by atoms with E-state index < -0.39 is 0 Å². The van der Waals surface area contributed by atoms with E-state index in [1.165, 1.54) is 11.1 Å². The fourth-order valence-electron chi connectivity index (χ4n) is 2.89. The molecule has 0 saturated heterocycles. The second kappa shape index (κ2) is 5.86. The van der Waals surface area contributed by atoms with Crippen molar-refractivity contribution in [2.75, 3.05) is 6.54 Å². The van der Waals surface area contributed by atoms with Gasteiger partial charge in [-0.2, -0.15) is 0 Å². The van der Waals surface area contributed by atoms with Gasteiger partial charge in [0.15, 0.2) is 0 Å². The van der Waals surface area contributed by atoms with Crippen LogP contribution < -0.4 is 5.32 Å². The number of nitrogens with one attached hydrogen (secondary N) is 1. The number of hydrogen-bond donors (Lipinski definition) is 2. The van der Waals surface area contributed by atoms with Crippen LogP contribution in [0.25, 0.3) is 0 Å². The van der Waals surface area contributed by atoms with E-state index >= 15 is 0 Å². The molecule has 0 amide bonds. The molecule has 0 spiro atoms. The summed E-state index contributed by atoms with van der Waals surface area (Å²) in [6.45, 7) is 0.932. The highest BCUT2D eigenvalue weighted by atomic mass is 35.5. The summed E-state index contributed by atoms with van der Waals surface area (Å²) in [4.78, 5) is 0. The molecule has 0 saturated carbocycles. The van der Waals surface area contributed by atoms with Crippen molar-refractivity contribution in [3.63, 3.8) is 0 Å². The minimum absolute atomic E-state index is 0.365. The van der Waals surface area contributed by atoms with Crippen molar-refractivity contribution >= 4 is 11.6 Å². The summed E-state index contributed by atoms with van der Waals surface area (Å²) in [6.07, 6.45) is 3.01. The molecule has 20 heavy (non-hydrogen) atoms. The van der Waals surface area contributed by atoms with E-state index in [4.69, 9.17) is 11.6 Å². The third-order valence-corrected chi connectivity index (χ3v) is 4.22. The predicted molar refractivity (Wildman–Crippen MR) is 82.3 cm³/mol. The molecule has 0 aliphatic heterocycles. The van der Waals surface area contributed by atoms with Gasteiger partial charge >= 0.3 is 0 Å². The number of hydrogen-bond acceptors (Lipinski definition) is 2. The lowest BCUT2D eigenvalue weighted by atomic mass is 10.1. The molecule has 2 aromatic rings. The first-order valence-corrected chi connectivity index (χ1v) is 7.40. The first-order chi connectivity index (χ1) is 9.74. The summed E-state index contributed by atoms with van der Waals surface area (Å²) in [5.74, 6) is 0.435. The number of rotatable bonds is 4. The van der Waals surface area contributed by atoms with E-state index in [-0.39, 0.29) is 0 Å². The fraction of sp³-hybridized carbons (Fsp3) is 0.294. The summed E-state index contributed by atoms with van der Waals surface area (Å²) in [6, 6.07) is 14.2. The smallest absolute Gasteiger partial charge is 0.119 e. The highest BCUT2D eigenvalue weighted by Crippen LogP contribution is 2.36. The molecule has 0 fully saturated rings. The van der Waals surface area contributed by atoms with Gasteiger partial charge in [-0.15, -0.1) is 0 Å². The summed E-state index contributed by atoms with van der Waals surface area (Å²) < 4.78 is 0. The molecule has 2 N–H and O–H groups in total. The average molecular weight is 288 g/mol. The first-order valence-electron chi connectivity index (χ1n) is 7.02. The van der Waals surface area contributed by atoms with E-state index in [9.17, 15) is 5.11 Å². The van der Waals surface area contributed by atoms with Gasteiger partial charge < -0.3 is 10.4 Å². The van der Waals surface area contributed by atoms with E-state index in [0.717, 1.165) is 36.4 Å². The van der Waals surface area contributed by atoms with Crippen LogP contribution in [0.4, 0.5) is 0 Å². The van der Waals surface area contributed by atoms with Crippen LogP contribution in [0, 0.1) is 0 Å². The SMILES string of the molecule is Oc1cccc2c1CCC2NCCc1ccc(Cl)cc1. The minimum Gasteiger partial charge on any atom is -0.508 e. The molecule has 0 radical (unpaired) electrons. The van der Waals surface area contributed by atoms with Gasteiger partial charge in [0, 0.05) is 11.1 Å². The molecule has 2 nitrogen and oxygen atoms in total. The lowest BCUT2D eigenvalue weighted by Crippen LogP contribution is -2.21. The molecule has 0 heterocycles. The van der Waals surface area contributed by atoms with Gasteiger partial charge in [0.05, 0.1) is 0 Å². The van der Waals surface area contributed by atoms with Crippen LogP contribution in [-0.4, -0.2) is 11.7 Å². The van der Waals surface area contributed by atoms with Crippen LogP contribution in [0.5, 0.6) is 5.75 Å². The summed E-state index contributed by atoms with van der Waals surface area (Å²) in [5.41, 5.74) is 3.65. The van der Waals surface area contributed by atoms with Crippen molar-refractivity contribution in [1.82, 2.24) is 5.32 Å². The maximum absolute atomic E-state index is 9.84. The zero-order valence-corrected chi connectivity index (χ0v) is 12.0. The average Bonchev–Trinajstić information content (AvgIpc) is 2.86. The number of fused-ring (bicyclic) bond motifs is 1. The van der Waals surface area contributed by atoms with Gasteiger partial charge in [0.25, 0.3) is 0 Å². The summed E-state index contributed by atoms with van der Waals surface area (Å²) >= 11 is 5.88. The number of aromatic hydroxyl groups is 1. The highest BCUT2D eigenvalue weighted by molar-refractivity contribution is 6.30. The molecule has 3 heteroatoms. The number of benzene rings is 2. The maximum Gasteiger partial charge on any atom is 0.119 e. The Morgan fingerprint density at radius 3 is 2.75 bits per heavy atom. The number of halogens is 1. The molecule has 1 aliphatic rings. The lowest BCUT2D eigenvalue weighted by molar-refractivity contribution is 0.469. The van der Waals surface area contributed by atoms with Crippen LogP contribution in [0.3, 0.4) is 0 Å². The van der Waals surface area contributed by atoms with Crippen LogP contribution >= 0.6 is 11.6 Å². The Hall–Kier alpha value is -1.51. The Kier molecular flexibility index (Phi) is 3.95. The highest BCUT2D eigenvalue weighted by Gasteiger charge is 2.23. The summed E-state index contributed by atoms with van der Waals surface area (Å²) in [7, 11) is 0. The molecule has 0 aromatic heterocycles. The van der Waals surface area contributed by atoms with Crippen molar-refractivity contribution in [3.05, 3.63) is 64.2 Å². The summed E-state index contributed by atoms with van der Waals surface area (Å²) in [5, 5.41) is 14.2. The van der Waals surface area contributed by atoms with Crippen molar-refractivity contribution in [1.29, 1.82) is 0 Å².